The molecule has 0 spiro atoms. The second-order valence-corrected chi connectivity index (χ2v) is 0.492. The second-order valence-electron chi connectivity index (χ2n) is 0.492. The molecule has 0 aromatic rings. The normalized spacial score (nSPS) is 5.00. The van der Waals surface area contributed by atoms with Crippen LogP contribution in [0.5, 0.6) is 0 Å². The van der Waals surface area contributed by atoms with Crippen molar-refractivity contribution in [2.24, 2.45) is 0 Å². The van der Waals surface area contributed by atoms with Crippen LogP contribution in [0.25, 0.3) is 0 Å². The maximum absolute atomic E-state index is 8.89. The summed E-state index contributed by atoms with van der Waals surface area (Å²) in [6, 6.07) is 0. The fourth-order valence-electron chi connectivity index (χ4n) is 0. The van der Waals surface area contributed by atoms with E-state index in [0.29, 0.717) is 0 Å². The van der Waals surface area contributed by atoms with Crippen LogP contribution in [0.15, 0.2) is 0 Å². The minimum Gasteiger partial charge on any atom is -0.550 e. The summed E-state index contributed by atoms with van der Waals surface area (Å²) >= 11 is 0. The van der Waals surface area contributed by atoms with Crippen molar-refractivity contribution in [3.8, 4) is 0 Å². The van der Waals surface area contributed by atoms with Crippen LogP contribution in [0, 0.1) is 0 Å². The van der Waals surface area contributed by atoms with Gasteiger partial charge >= 0.3 is 29.6 Å². The molecule has 0 aromatic carbocycles. The molecule has 0 rings (SSSR count). The molecule has 0 amide bonds. The predicted octanol–water partition coefficient (Wildman–Crippen LogP) is -4.24. The van der Waals surface area contributed by atoms with Gasteiger partial charge in [0.1, 0.15) is 0 Å². The molecule has 3 heteroatoms. The first-order chi connectivity index (χ1) is 1.73. The Morgan fingerprint density at radius 2 is 1.80 bits per heavy atom. The molecule has 0 heterocycles. The van der Waals surface area contributed by atoms with Crippen molar-refractivity contribution >= 4 is 5.97 Å². The van der Waals surface area contributed by atoms with Crippen LogP contribution in [0.4, 0.5) is 0 Å². The Hall–Kier alpha value is 0.470. The van der Waals surface area contributed by atoms with E-state index < -0.39 is 5.97 Å². The van der Waals surface area contributed by atoms with E-state index in [-0.39, 0.29) is 29.6 Å². The summed E-state index contributed by atoms with van der Waals surface area (Å²) in [6.45, 7) is 0.972. The zero-order chi connectivity index (χ0) is 3.58. The molecule has 0 N–H and O–H groups in total. The minimum absolute atomic E-state index is 0. The summed E-state index contributed by atoms with van der Waals surface area (Å²) in [5, 5.41) is 8.89. The zero-order valence-electron chi connectivity index (χ0n) is 3.32. The Kier molecular flexibility index (Phi) is 8.11. The first-order valence-electron chi connectivity index (χ1n) is 0.908. The van der Waals surface area contributed by atoms with Gasteiger partial charge in [-0.3, -0.25) is 0 Å². The Bertz CT molecular complexity index is 30.6. The monoisotopic (exact) mass is 81.0 g/mol. The van der Waals surface area contributed by atoms with Gasteiger partial charge in [-0.1, -0.05) is 0 Å². The quantitative estimate of drug-likeness (QED) is 0.277. The smallest absolute Gasteiger partial charge is 0.550 e. The average molecular weight is 81.0 g/mol. The van der Waals surface area contributed by atoms with Crippen molar-refractivity contribution in [1.29, 1.82) is 0 Å². The molecule has 5 heavy (non-hydrogen) atoms. The van der Waals surface area contributed by atoms with Crippen molar-refractivity contribution in [3.05, 3.63) is 0 Å². The van der Waals surface area contributed by atoms with E-state index in [9.17, 15) is 0 Å². The van der Waals surface area contributed by atoms with Gasteiger partial charge in [0.05, 0.1) is 0 Å². The molecule has 24 valence electrons. The number of rotatable bonds is 0. The number of carboxylic acid groups (broad SMARTS) is 1. The van der Waals surface area contributed by atoms with Gasteiger partial charge in [0.25, 0.3) is 0 Å². The fraction of sp³-hybridized carbons (Fsp3) is 0.500. The van der Waals surface area contributed by atoms with E-state index in [2.05, 4.69) is 0 Å². The predicted molar refractivity (Wildman–Crippen MR) is 10.7 cm³/mol. The van der Waals surface area contributed by atoms with E-state index in [1.807, 2.05) is 0 Å². The molecular formula is C2H3NaO2. The first-order valence-corrected chi connectivity index (χ1v) is 0.908. The van der Waals surface area contributed by atoms with Gasteiger partial charge in [0.2, 0.25) is 0 Å². The van der Waals surface area contributed by atoms with Crippen LogP contribution in [0.2, 0.25) is 0 Å². The maximum Gasteiger partial charge on any atom is 1.00 e. The Balaban J connectivity index is 0. The van der Waals surface area contributed by atoms with Gasteiger partial charge < -0.3 is 9.90 Å². The van der Waals surface area contributed by atoms with E-state index in [1.165, 1.54) is 0 Å². The van der Waals surface area contributed by atoms with Crippen LogP contribution < -0.4 is 34.7 Å². The minimum atomic E-state index is -1.08. The molecule has 0 aromatic heterocycles. The second kappa shape index (κ2) is 4.47. The van der Waals surface area contributed by atoms with E-state index in [1.54, 1.807) is 0 Å². The zero-order valence-corrected chi connectivity index (χ0v) is 5.32. The van der Waals surface area contributed by atoms with Crippen LogP contribution in [-0.2, 0) is 4.79 Å². The number of aliphatic carboxylic acids is 1. The van der Waals surface area contributed by atoms with Gasteiger partial charge in [-0.25, -0.2) is 0 Å². The SMILES string of the molecule is C[11C](=O)[O-].[Na+]. The average Bonchev–Trinajstić information content (AvgIpc) is 0.811. The van der Waals surface area contributed by atoms with Crippen LogP contribution >= 0.6 is 0 Å². The summed E-state index contributed by atoms with van der Waals surface area (Å²) in [5.74, 6) is -1.08. The summed E-state index contributed by atoms with van der Waals surface area (Å²) in [6.07, 6.45) is 0. The molecule has 0 aliphatic heterocycles. The van der Waals surface area contributed by atoms with Crippen LogP contribution in [-0.4, -0.2) is 5.97 Å². The van der Waals surface area contributed by atoms with E-state index in [0.717, 1.165) is 6.92 Å². The standard InChI is InChI=1S/C2H4O2.Na/c1-2(3)4;/h1H3,(H,3,4);/q;+1/p-1/i2-1;. The molecule has 0 bridgehead atoms. The summed E-state index contributed by atoms with van der Waals surface area (Å²) in [7, 11) is 0. The van der Waals surface area contributed by atoms with Crippen molar-refractivity contribution in [2.75, 3.05) is 0 Å². The number of hydrogen-bond acceptors (Lipinski definition) is 2. The molecule has 0 saturated carbocycles. The Morgan fingerprint density at radius 3 is 1.80 bits per heavy atom. The summed E-state index contributed by atoms with van der Waals surface area (Å²) in [4.78, 5) is 8.89. The number of carbonyl (C=O) groups excluding carboxylic acids is 1. The Labute approximate surface area is 52.5 Å². The van der Waals surface area contributed by atoms with Crippen molar-refractivity contribution in [2.45, 2.75) is 6.92 Å². The van der Waals surface area contributed by atoms with Gasteiger partial charge in [0, 0.05) is 5.97 Å². The molecule has 2 nitrogen and oxygen atoms in total. The molecule has 0 aliphatic carbocycles. The van der Waals surface area contributed by atoms with Gasteiger partial charge in [0.15, 0.2) is 0 Å². The van der Waals surface area contributed by atoms with Crippen molar-refractivity contribution < 1.29 is 39.5 Å². The summed E-state index contributed by atoms with van der Waals surface area (Å²) in [5.41, 5.74) is 0. The molecule has 0 aliphatic rings. The molecule has 0 fully saturated rings. The number of carbonyl (C=O) groups is 1. The topological polar surface area (TPSA) is 40.1 Å². The maximum atomic E-state index is 8.89. The molecule has 0 saturated heterocycles. The first kappa shape index (κ1) is 9.08. The van der Waals surface area contributed by atoms with Gasteiger partial charge in [-0.15, -0.1) is 0 Å². The van der Waals surface area contributed by atoms with E-state index >= 15 is 0 Å². The largest absolute Gasteiger partial charge is 1.00 e. The van der Waals surface area contributed by atoms with Crippen LogP contribution in [0.1, 0.15) is 6.92 Å². The third kappa shape index (κ3) is 123. The molecule has 0 unspecified atom stereocenters. The van der Waals surface area contributed by atoms with Gasteiger partial charge in [-0.2, -0.15) is 0 Å². The molecule has 0 atom stereocenters. The summed E-state index contributed by atoms with van der Waals surface area (Å²) < 4.78 is 0. The van der Waals surface area contributed by atoms with Crippen LogP contribution in [0.3, 0.4) is 0 Å². The Morgan fingerprint density at radius 1 is 1.80 bits per heavy atom. The van der Waals surface area contributed by atoms with Gasteiger partial charge in [-0.05, 0) is 6.92 Å². The van der Waals surface area contributed by atoms with Crippen molar-refractivity contribution in [3.63, 3.8) is 0 Å². The fourth-order valence-corrected chi connectivity index (χ4v) is 0. The van der Waals surface area contributed by atoms with E-state index in [4.69, 9.17) is 9.90 Å². The van der Waals surface area contributed by atoms with Crippen molar-refractivity contribution in [1.82, 2.24) is 0 Å². The molecular weight excluding hydrogens is 78.0 g/mol. The number of carboxylic acids is 1. The third-order valence-electron chi connectivity index (χ3n) is 0. The molecule has 0 radical (unpaired) electrons. The number of hydrogen-bond donors (Lipinski definition) is 0. The third-order valence-corrected chi connectivity index (χ3v) is 0.